The van der Waals surface area contributed by atoms with Crippen molar-refractivity contribution in [3.05, 3.63) is 37.0 Å². The summed E-state index contributed by atoms with van der Waals surface area (Å²) in [6, 6.07) is 0. The van der Waals surface area contributed by atoms with Gasteiger partial charge in [-0.15, -0.1) is 6.58 Å². The maximum Gasteiger partial charge on any atom is 0.0664 e. The Morgan fingerprint density at radius 2 is 1.88 bits per heavy atom. The van der Waals surface area contributed by atoms with Gasteiger partial charge in [0.25, 0.3) is 0 Å². The van der Waals surface area contributed by atoms with E-state index in [1.54, 1.807) is 6.08 Å². The maximum atomic E-state index is 10.3. The Bertz CT molecular complexity index is 332. The standard InChI is InChI=1S/C15H24O2/c1-6-15(9-16)13(11(4)5)7-12(10(2)3)8-14(15)17/h6,12-14,16-17H,1-2,4,7-9H2,3,5H3/t12-,13-,14-,15+/m1/s1. The third-order valence-electron chi connectivity index (χ3n) is 4.24. The highest BCUT2D eigenvalue weighted by molar-refractivity contribution is 5.19. The molecule has 0 aromatic carbocycles. The Hall–Kier alpha value is -0.860. The highest BCUT2D eigenvalue weighted by atomic mass is 16.3. The summed E-state index contributed by atoms with van der Waals surface area (Å²) in [6.07, 6.45) is 2.65. The Balaban J connectivity index is 3.10. The predicted octanol–water partition coefficient (Wildman–Crippen LogP) is 2.69. The minimum atomic E-state index is -0.641. The summed E-state index contributed by atoms with van der Waals surface area (Å²) >= 11 is 0. The van der Waals surface area contributed by atoms with E-state index in [2.05, 4.69) is 19.7 Å². The molecule has 2 heteroatoms. The maximum absolute atomic E-state index is 10.3. The van der Waals surface area contributed by atoms with Crippen LogP contribution in [0.15, 0.2) is 37.0 Å². The van der Waals surface area contributed by atoms with Crippen molar-refractivity contribution in [1.29, 1.82) is 0 Å². The average molecular weight is 236 g/mol. The number of rotatable bonds is 4. The number of aliphatic hydroxyl groups is 2. The first-order chi connectivity index (χ1) is 7.89. The molecule has 0 aromatic heterocycles. The molecule has 0 unspecified atom stereocenters. The number of hydrogen-bond acceptors (Lipinski definition) is 2. The fourth-order valence-electron chi connectivity index (χ4n) is 2.94. The molecule has 0 aromatic rings. The van der Waals surface area contributed by atoms with E-state index in [1.807, 2.05) is 13.8 Å². The van der Waals surface area contributed by atoms with Crippen LogP contribution in [0.25, 0.3) is 0 Å². The van der Waals surface area contributed by atoms with E-state index in [4.69, 9.17) is 0 Å². The summed E-state index contributed by atoms with van der Waals surface area (Å²) in [4.78, 5) is 0. The molecular weight excluding hydrogens is 212 g/mol. The van der Waals surface area contributed by atoms with E-state index in [1.165, 1.54) is 0 Å². The van der Waals surface area contributed by atoms with Crippen molar-refractivity contribution in [1.82, 2.24) is 0 Å². The summed E-state index contributed by atoms with van der Waals surface area (Å²) in [6.45, 7) is 15.6. The highest BCUT2D eigenvalue weighted by Gasteiger charge is 2.47. The minimum absolute atomic E-state index is 0.0652. The van der Waals surface area contributed by atoms with Crippen molar-refractivity contribution >= 4 is 0 Å². The minimum Gasteiger partial charge on any atom is -0.395 e. The first-order valence-corrected chi connectivity index (χ1v) is 6.12. The first-order valence-electron chi connectivity index (χ1n) is 6.12. The van der Waals surface area contributed by atoms with E-state index in [0.717, 1.165) is 17.6 Å². The van der Waals surface area contributed by atoms with Crippen molar-refractivity contribution in [2.24, 2.45) is 17.3 Å². The second-order valence-corrected chi connectivity index (χ2v) is 5.40. The van der Waals surface area contributed by atoms with Gasteiger partial charge in [-0.1, -0.05) is 30.4 Å². The zero-order valence-electron chi connectivity index (χ0n) is 10.9. The van der Waals surface area contributed by atoms with Crippen molar-refractivity contribution < 1.29 is 10.2 Å². The van der Waals surface area contributed by atoms with E-state index >= 15 is 0 Å². The lowest BCUT2D eigenvalue weighted by molar-refractivity contribution is -0.0548. The number of allylic oxidation sites excluding steroid dienone is 2. The molecule has 0 bridgehead atoms. The van der Waals surface area contributed by atoms with Crippen LogP contribution in [-0.2, 0) is 0 Å². The van der Waals surface area contributed by atoms with E-state index in [9.17, 15) is 10.2 Å². The molecule has 0 radical (unpaired) electrons. The summed E-state index contributed by atoms with van der Waals surface area (Å²) < 4.78 is 0. The number of hydrogen-bond donors (Lipinski definition) is 2. The molecule has 0 aliphatic heterocycles. The smallest absolute Gasteiger partial charge is 0.0664 e. The molecule has 17 heavy (non-hydrogen) atoms. The normalized spacial score (nSPS) is 37.5. The lowest BCUT2D eigenvalue weighted by Crippen LogP contribution is -2.49. The molecule has 0 saturated heterocycles. The molecule has 1 fully saturated rings. The van der Waals surface area contributed by atoms with Crippen molar-refractivity contribution in [2.75, 3.05) is 6.61 Å². The topological polar surface area (TPSA) is 40.5 Å². The molecule has 0 spiro atoms. The van der Waals surface area contributed by atoms with E-state index in [-0.39, 0.29) is 12.5 Å². The van der Waals surface area contributed by atoms with Gasteiger partial charge >= 0.3 is 0 Å². The quantitative estimate of drug-likeness (QED) is 0.737. The highest BCUT2D eigenvalue weighted by Crippen LogP contribution is 2.48. The molecule has 2 N–H and O–H groups in total. The Morgan fingerprint density at radius 1 is 1.29 bits per heavy atom. The second kappa shape index (κ2) is 5.19. The van der Waals surface area contributed by atoms with Gasteiger partial charge in [-0.05, 0) is 38.5 Å². The zero-order chi connectivity index (χ0) is 13.2. The van der Waals surface area contributed by atoms with E-state index in [0.29, 0.717) is 12.3 Å². The summed E-state index contributed by atoms with van der Waals surface area (Å²) in [5, 5.41) is 20.0. The van der Waals surface area contributed by atoms with Crippen LogP contribution in [0.4, 0.5) is 0 Å². The SMILES string of the molecule is C=C[C@@]1(CO)[C@H](O)C[C@H](C(=C)C)C[C@@H]1C(=C)C. The average Bonchev–Trinajstić information content (AvgIpc) is 2.28. The van der Waals surface area contributed by atoms with Gasteiger partial charge in [0.2, 0.25) is 0 Å². The lowest BCUT2D eigenvalue weighted by atomic mass is 9.59. The van der Waals surface area contributed by atoms with Gasteiger partial charge < -0.3 is 10.2 Å². The molecule has 96 valence electrons. The van der Waals surface area contributed by atoms with Crippen LogP contribution in [-0.4, -0.2) is 22.9 Å². The van der Waals surface area contributed by atoms with Gasteiger partial charge in [-0.3, -0.25) is 0 Å². The van der Waals surface area contributed by atoms with Gasteiger partial charge in [0.1, 0.15) is 0 Å². The van der Waals surface area contributed by atoms with Gasteiger partial charge in [0.05, 0.1) is 12.7 Å². The lowest BCUT2D eigenvalue weighted by Gasteiger charge is -2.48. The van der Waals surface area contributed by atoms with Crippen LogP contribution in [0.1, 0.15) is 26.7 Å². The van der Waals surface area contributed by atoms with Crippen LogP contribution < -0.4 is 0 Å². The fraction of sp³-hybridized carbons (Fsp3) is 0.600. The summed E-state index contributed by atoms with van der Waals surface area (Å²) in [5.41, 5.74) is 1.44. The molecule has 4 atom stereocenters. The van der Waals surface area contributed by atoms with Crippen LogP contribution in [0.3, 0.4) is 0 Å². The van der Waals surface area contributed by atoms with Crippen molar-refractivity contribution in [3.8, 4) is 0 Å². The monoisotopic (exact) mass is 236 g/mol. The third-order valence-corrected chi connectivity index (χ3v) is 4.24. The van der Waals surface area contributed by atoms with Crippen LogP contribution in [0.2, 0.25) is 0 Å². The Kier molecular flexibility index (Phi) is 4.34. The molecule has 1 saturated carbocycles. The zero-order valence-corrected chi connectivity index (χ0v) is 10.9. The van der Waals surface area contributed by atoms with Crippen molar-refractivity contribution in [3.63, 3.8) is 0 Å². The second-order valence-electron chi connectivity index (χ2n) is 5.40. The fourth-order valence-corrected chi connectivity index (χ4v) is 2.94. The van der Waals surface area contributed by atoms with Gasteiger partial charge in [-0.2, -0.15) is 0 Å². The molecule has 1 rings (SSSR count). The van der Waals surface area contributed by atoms with Crippen LogP contribution >= 0.6 is 0 Å². The van der Waals surface area contributed by atoms with Crippen LogP contribution in [0.5, 0.6) is 0 Å². The first kappa shape index (κ1) is 14.2. The molecule has 0 heterocycles. The molecule has 1 aliphatic rings. The third kappa shape index (κ3) is 2.38. The molecular formula is C15H24O2. The van der Waals surface area contributed by atoms with E-state index < -0.39 is 11.5 Å². The van der Waals surface area contributed by atoms with Gasteiger partial charge in [-0.25, -0.2) is 0 Å². The molecule has 0 amide bonds. The summed E-state index contributed by atoms with van der Waals surface area (Å²) in [7, 11) is 0. The Labute approximate surface area is 104 Å². The molecule has 1 aliphatic carbocycles. The Morgan fingerprint density at radius 3 is 2.24 bits per heavy atom. The summed E-state index contributed by atoms with van der Waals surface area (Å²) in [5.74, 6) is 0.363. The van der Waals surface area contributed by atoms with Crippen LogP contribution in [0, 0.1) is 17.3 Å². The predicted molar refractivity (Wildman–Crippen MR) is 71.6 cm³/mol. The van der Waals surface area contributed by atoms with Crippen molar-refractivity contribution in [2.45, 2.75) is 32.8 Å². The van der Waals surface area contributed by atoms with Gasteiger partial charge in [0.15, 0.2) is 0 Å². The van der Waals surface area contributed by atoms with Gasteiger partial charge in [0, 0.05) is 5.41 Å². The number of aliphatic hydroxyl groups excluding tert-OH is 2. The molecule has 2 nitrogen and oxygen atoms in total. The largest absolute Gasteiger partial charge is 0.395 e.